The second kappa shape index (κ2) is 16.9. The Morgan fingerprint density at radius 1 is 0.941 bits per heavy atom. The first-order valence-corrected chi connectivity index (χ1v) is 15.9. The summed E-state index contributed by atoms with van der Waals surface area (Å²) < 4.78 is 126. The fourth-order valence-electron chi connectivity index (χ4n) is 5.11. The molecule has 1 atom stereocenters. The van der Waals surface area contributed by atoms with E-state index in [0.717, 1.165) is 35.1 Å². The predicted molar refractivity (Wildman–Crippen MR) is 178 cm³/mol. The SMILES string of the molecule is C\C=C(/C=C(\C=C\C(F)(F)F)COC(=O)N(Cc1cc(C(F)(F)F)ccc1-c1cc(-c2ccc(CO)cc2C)ccc1Cl)C(C)CC)C(F)(F)F. The monoisotopic (exact) mass is 747 g/mol. The molecule has 1 N–H and O–H groups in total. The molecule has 0 saturated carbocycles. The van der Waals surface area contributed by atoms with Gasteiger partial charge in [-0.3, -0.25) is 0 Å². The molecule has 4 nitrogen and oxygen atoms in total. The third-order valence-electron chi connectivity index (χ3n) is 8.00. The van der Waals surface area contributed by atoms with Gasteiger partial charge in [0.1, 0.15) is 6.61 Å². The second-order valence-corrected chi connectivity index (χ2v) is 12.1. The molecule has 0 aliphatic carbocycles. The molecule has 51 heavy (non-hydrogen) atoms. The molecule has 0 aliphatic rings. The number of halogens is 10. The highest BCUT2D eigenvalue weighted by molar-refractivity contribution is 6.33. The van der Waals surface area contributed by atoms with Crippen LogP contribution in [-0.4, -0.2) is 41.1 Å². The number of aliphatic hydroxyl groups is 1. The Morgan fingerprint density at radius 3 is 2.16 bits per heavy atom. The fraction of sp³-hybridized carbons (Fsp3) is 0.324. The van der Waals surface area contributed by atoms with E-state index in [2.05, 4.69) is 0 Å². The lowest BCUT2D eigenvalue weighted by Crippen LogP contribution is -2.38. The van der Waals surface area contributed by atoms with Crippen LogP contribution in [-0.2, 0) is 24.1 Å². The summed E-state index contributed by atoms with van der Waals surface area (Å²) in [6.45, 7) is 4.41. The molecule has 1 amide bonds. The minimum Gasteiger partial charge on any atom is -0.445 e. The van der Waals surface area contributed by atoms with Crippen molar-refractivity contribution in [1.82, 2.24) is 4.90 Å². The van der Waals surface area contributed by atoms with Crippen molar-refractivity contribution < 1.29 is 54.2 Å². The molecule has 14 heteroatoms. The number of carbonyl (C=O) groups is 1. The molecule has 276 valence electrons. The molecule has 1 unspecified atom stereocenters. The van der Waals surface area contributed by atoms with Crippen molar-refractivity contribution in [1.29, 1.82) is 0 Å². The number of ether oxygens (including phenoxy) is 1. The van der Waals surface area contributed by atoms with Crippen molar-refractivity contribution in [3.8, 4) is 22.3 Å². The van der Waals surface area contributed by atoms with Crippen LogP contribution in [0, 0.1) is 6.92 Å². The average Bonchev–Trinajstić information content (AvgIpc) is 3.05. The Bertz CT molecular complexity index is 1790. The maximum atomic E-state index is 14.0. The molecule has 0 aliphatic heterocycles. The van der Waals surface area contributed by atoms with Crippen LogP contribution in [0.2, 0.25) is 5.02 Å². The van der Waals surface area contributed by atoms with Gasteiger partial charge in [0.25, 0.3) is 0 Å². The number of aryl methyl sites for hydroxylation is 1. The summed E-state index contributed by atoms with van der Waals surface area (Å²) in [7, 11) is 0. The largest absolute Gasteiger partial charge is 0.445 e. The fourth-order valence-corrected chi connectivity index (χ4v) is 5.33. The Morgan fingerprint density at radius 2 is 1.61 bits per heavy atom. The van der Waals surface area contributed by atoms with Gasteiger partial charge in [-0.05, 0) is 96.5 Å². The van der Waals surface area contributed by atoms with Gasteiger partial charge in [-0.1, -0.05) is 61.0 Å². The van der Waals surface area contributed by atoms with Gasteiger partial charge in [-0.25, -0.2) is 4.79 Å². The number of carbonyl (C=O) groups excluding carboxylic acids is 1. The Hall–Kier alpha value is -4.23. The van der Waals surface area contributed by atoms with E-state index < -0.39 is 60.5 Å². The molecule has 3 aromatic rings. The summed E-state index contributed by atoms with van der Waals surface area (Å²) >= 11 is 6.59. The van der Waals surface area contributed by atoms with E-state index in [1.54, 1.807) is 50.2 Å². The smallest absolute Gasteiger partial charge is 0.416 e. The standard InChI is InChI=1S/C37H35ClF9NO3/c1-5-23(4)48(34(50)51-21-25(13-14-35(39,40)41)16-28(6-2)36(42,43)44)19-27-17-29(37(45,46)47)9-11-31(27)32-18-26(8-12-33(32)38)30-10-7-24(20-49)15-22(30)3/h6-18,23,49H,5,19-21H2,1-4H3/b14-13+,25-16+,28-6+. The van der Waals surface area contributed by atoms with Gasteiger partial charge in [-0.15, -0.1) is 0 Å². The lowest BCUT2D eigenvalue weighted by molar-refractivity contribution is -0.137. The Balaban J connectivity index is 2.10. The number of allylic oxidation sites excluding steroid dienone is 4. The van der Waals surface area contributed by atoms with E-state index in [1.807, 2.05) is 6.92 Å². The van der Waals surface area contributed by atoms with Crippen LogP contribution in [0.25, 0.3) is 22.3 Å². The van der Waals surface area contributed by atoms with Gasteiger partial charge < -0.3 is 14.7 Å². The van der Waals surface area contributed by atoms with Gasteiger partial charge in [0.15, 0.2) is 0 Å². The topological polar surface area (TPSA) is 49.8 Å². The number of hydrogen-bond acceptors (Lipinski definition) is 3. The molecule has 0 spiro atoms. The summed E-state index contributed by atoms with van der Waals surface area (Å²) in [5, 5.41) is 9.67. The number of rotatable bonds is 11. The van der Waals surface area contributed by atoms with Crippen molar-refractivity contribution >= 4 is 17.7 Å². The number of aliphatic hydroxyl groups excluding tert-OH is 1. The number of hydrogen-bond donors (Lipinski definition) is 1. The first-order valence-electron chi connectivity index (χ1n) is 15.5. The third kappa shape index (κ3) is 11.4. The first-order chi connectivity index (χ1) is 23.7. The summed E-state index contributed by atoms with van der Waals surface area (Å²) in [5.41, 5.74) is 0.505. The van der Waals surface area contributed by atoms with Crippen LogP contribution < -0.4 is 0 Å². The van der Waals surface area contributed by atoms with Crippen molar-refractivity contribution in [2.75, 3.05) is 6.61 Å². The quantitative estimate of drug-likeness (QED) is 0.157. The Labute approximate surface area is 294 Å². The minimum absolute atomic E-state index is 0.00511. The summed E-state index contributed by atoms with van der Waals surface area (Å²) in [6, 6.07) is 12.5. The molecule has 3 rings (SSSR count). The van der Waals surface area contributed by atoms with Crippen LogP contribution in [0.15, 0.2) is 90.0 Å². The number of amides is 1. The van der Waals surface area contributed by atoms with Gasteiger partial charge in [-0.2, -0.15) is 39.5 Å². The zero-order valence-corrected chi connectivity index (χ0v) is 28.7. The average molecular weight is 748 g/mol. The van der Waals surface area contributed by atoms with Crippen molar-refractivity contribution in [2.24, 2.45) is 0 Å². The predicted octanol–water partition coefficient (Wildman–Crippen LogP) is 11.8. The van der Waals surface area contributed by atoms with Gasteiger partial charge >= 0.3 is 24.6 Å². The molecule has 0 heterocycles. The van der Waals surface area contributed by atoms with E-state index in [0.29, 0.717) is 34.9 Å². The van der Waals surface area contributed by atoms with Crippen LogP contribution in [0.4, 0.5) is 44.3 Å². The van der Waals surface area contributed by atoms with Crippen LogP contribution in [0.3, 0.4) is 0 Å². The first kappa shape index (κ1) is 41.2. The molecule has 0 saturated heterocycles. The van der Waals surface area contributed by atoms with E-state index in [4.69, 9.17) is 16.3 Å². The third-order valence-corrected chi connectivity index (χ3v) is 8.33. The minimum atomic E-state index is -4.92. The molecule has 0 aromatic heterocycles. The van der Waals surface area contributed by atoms with Gasteiger partial charge in [0, 0.05) is 29.2 Å². The maximum Gasteiger partial charge on any atom is 0.416 e. The molecular formula is C37H35ClF9NO3. The molecule has 0 fully saturated rings. The lowest BCUT2D eigenvalue weighted by atomic mass is 9.92. The molecular weight excluding hydrogens is 713 g/mol. The summed E-state index contributed by atoms with van der Waals surface area (Å²) in [6.07, 6.45) is -14.4. The van der Waals surface area contributed by atoms with Gasteiger partial charge in [0.05, 0.1) is 17.7 Å². The molecule has 3 aromatic carbocycles. The van der Waals surface area contributed by atoms with E-state index >= 15 is 0 Å². The maximum absolute atomic E-state index is 14.0. The number of nitrogens with zero attached hydrogens (tertiary/aromatic N) is 1. The normalized spacial score (nSPS) is 13.9. The summed E-state index contributed by atoms with van der Waals surface area (Å²) in [4.78, 5) is 14.5. The van der Waals surface area contributed by atoms with Gasteiger partial charge in [0.2, 0.25) is 0 Å². The lowest BCUT2D eigenvalue weighted by Gasteiger charge is -2.29. The van der Waals surface area contributed by atoms with E-state index in [9.17, 15) is 49.4 Å². The van der Waals surface area contributed by atoms with Crippen molar-refractivity contribution in [3.63, 3.8) is 0 Å². The second-order valence-electron chi connectivity index (χ2n) is 11.6. The zero-order valence-electron chi connectivity index (χ0n) is 27.9. The number of benzene rings is 3. The van der Waals surface area contributed by atoms with Crippen molar-refractivity contribution in [2.45, 2.75) is 71.8 Å². The molecule has 0 radical (unpaired) electrons. The van der Waals surface area contributed by atoms with E-state index in [-0.39, 0.29) is 35.3 Å². The highest BCUT2D eigenvalue weighted by atomic mass is 35.5. The molecule has 0 bridgehead atoms. The van der Waals surface area contributed by atoms with Crippen LogP contribution >= 0.6 is 11.6 Å². The summed E-state index contributed by atoms with van der Waals surface area (Å²) in [5.74, 6) is 0. The highest BCUT2D eigenvalue weighted by Crippen LogP contribution is 2.39. The van der Waals surface area contributed by atoms with Crippen molar-refractivity contribution in [3.05, 3.63) is 117 Å². The van der Waals surface area contributed by atoms with Crippen LogP contribution in [0.5, 0.6) is 0 Å². The van der Waals surface area contributed by atoms with E-state index in [1.165, 1.54) is 6.07 Å². The zero-order chi connectivity index (χ0) is 38.3. The number of alkyl halides is 9. The highest BCUT2D eigenvalue weighted by Gasteiger charge is 2.33. The Kier molecular flexibility index (Phi) is 13.6. The van der Waals surface area contributed by atoms with Crippen LogP contribution in [0.1, 0.15) is 49.4 Å².